The van der Waals surface area contributed by atoms with Crippen LogP contribution in [0.2, 0.25) is 0 Å². The van der Waals surface area contributed by atoms with Gasteiger partial charge in [-0.2, -0.15) is 0 Å². The molecule has 0 bridgehead atoms. The number of carbonyl (C=O) groups excluding carboxylic acids is 1. The molecule has 1 heterocycles. The van der Waals surface area contributed by atoms with Gasteiger partial charge in [-0.3, -0.25) is 4.79 Å². The number of halogens is 1. The van der Waals surface area contributed by atoms with E-state index in [-0.39, 0.29) is 5.91 Å². The second-order valence-corrected chi connectivity index (χ2v) is 4.61. The van der Waals surface area contributed by atoms with E-state index in [0.29, 0.717) is 11.0 Å². The zero-order chi connectivity index (χ0) is 9.97. The zero-order valence-electron chi connectivity index (χ0n) is 8.34. The fraction of sp³-hybridized carbons (Fsp3) is 0.727. The molecule has 0 unspecified atom stereocenters. The van der Waals surface area contributed by atoms with E-state index in [4.69, 9.17) is 11.6 Å². The van der Waals surface area contributed by atoms with Crippen LogP contribution in [0.25, 0.3) is 0 Å². The lowest BCUT2D eigenvalue weighted by Crippen LogP contribution is -2.35. The molecule has 0 aromatic carbocycles. The van der Waals surface area contributed by atoms with E-state index < -0.39 is 0 Å². The summed E-state index contributed by atoms with van der Waals surface area (Å²) in [5, 5.41) is 0.439. The Balaban J connectivity index is 1.91. The minimum absolute atomic E-state index is 0.0401. The molecule has 1 aliphatic heterocycles. The molecule has 0 atom stereocenters. The molecule has 1 aliphatic carbocycles. The highest BCUT2D eigenvalue weighted by molar-refractivity contribution is 6.42. The maximum atomic E-state index is 11.8. The molecular formula is C11H16ClNO. The number of allylic oxidation sites excluding steroid dienone is 1. The second-order valence-electron chi connectivity index (χ2n) is 4.20. The van der Waals surface area contributed by atoms with Gasteiger partial charge in [-0.05, 0) is 38.0 Å². The largest absolute Gasteiger partial charge is 0.338 e. The van der Waals surface area contributed by atoms with Crippen LogP contribution in [0.1, 0.15) is 32.1 Å². The van der Waals surface area contributed by atoms with E-state index in [2.05, 4.69) is 0 Å². The average Bonchev–Trinajstić information content (AvgIpc) is 3.02. The Morgan fingerprint density at radius 1 is 1.21 bits per heavy atom. The first-order chi connectivity index (χ1) is 6.77. The van der Waals surface area contributed by atoms with Gasteiger partial charge in [0.05, 0.1) is 0 Å². The lowest BCUT2D eigenvalue weighted by Gasteiger charge is -2.26. The number of amides is 1. The van der Waals surface area contributed by atoms with Crippen molar-refractivity contribution in [1.29, 1.82) is 0 Å². The highest BCUT2D eigenvalue weighted by Crippen LogP contribution is 2.32. The summed E-state index contributed by atoms with van der Waals surface area (Å²) >= 11 is 5.97. The first-order valence-corrected chi connectivity index (χ1v) is 5.82. The third kappa shape index (κ3) is 2.50. The number of carbonyl (C=O) groups is 1. The second kappa shape index (κ2) is 4.35. The van der Waals surface area contributed by atoms with Gasteiger partial charge >= 0.3 is 0 Å². The van der Waals surface area contributed by atoms with Gasteiger partial charge in [-0.15, -0.1) is 0 Å². The summed E-state index contributed by atoms with van der Waals surface area (Å²) in [5.74, 6) is 0.620. The molecule has 0 aromatic heterocycles. The highest BCUT2D eigenvalue weighted by atomic mass is 35.5. The van der Waals surface area contributed by atoms with Crippen LogP contribution < -0.4 is 0 Å². The quantitative estimate of drug-likeness (QED) is 0.646. The summed E-state index contributed by atoms with van der Waals surface area (Å²) in [7, 11) is 0. The van der Waals surface area contributed by atoms with E-state index in [9.17, 15) is 4.79 Å². The number of nitrogens with zero attached hydrogens (tertiary/aromatic N) is 1. The normalized spacial score (nSPS) is 23.8. The topological polar surface area (TPSA) is 20.3 Å². The van der Waals surface area contributed by atoms with Gasteiger partial charge in [0.15, 0.2) is 0 Å². The summed E-state index contributed by atoms with van der Waals surface area (Å²) in [4.78, 5) is 13.7. The molecule has 2 fully saturated rings. The average molecular weight is 214 g/mol. The van der Waals surface area contributed by atoms with Gasteiger partial charge in [0.25, 0.3) is 5.91 Å². The number of hydrogen-bond acceptors (Lipinski definition) is 1. The first-order valence-electron chi connectivity index (χ1n) is 5.44. The SMILES string of the molecule is O=C(C(Cl)=CC1CC1)N1CCCCC1. The molecule has 0 aromatic rings. The third-order valence-electron chi connectivity index (χ3n) is 2.85. The van der Waals surface area contributed by atoms with Crippen LogP contribution in [0, 0.1) is 5.92 Å². The minimum atomic E-state index is 0.0401. The van der Waals surface area contributed by atoms with Crippen molar-refractivity contribution in [3.05, 3.63) is 11.1 Å². The molecule has 0 N–H and O–H groups in total. The fourth-order valence-electron chi connectivity index (χ4n) is 1.79. The molecular weight excluding hydrogens is 198 g/mol. The minimum Gasteiger partial charge on any atom is -0.338 e. The van der Waals surface area contributed by atoms with E-state index in [1.54, 1.807) is 0 Å². The smallest absolute Gasteiger partial charge is 0.265 e. The van der Waals surface area contributed by atoms with Crippen LogP contribution in [0.3, 0.4) is 0 Å². The monoisotopic (exact) mass is 213 g/mol. The summed E-state index contributed by atoms with van der Waals surface area (Å²) < 4.78 is 0. The molecule has 3 heteroatoms. The van der Waals surface area contributed by atoms with Crippen molar-refractivity contribution in [3.8, 4) is 0 Å². The Hall–Kier alpha value is -0.500. The standard InChI is InChI=1S/C11H16ClNO/c12-10(8-9-4-5-9)11(14)13-6-2-1-3-7-13/h8-9H,1-7H2. The summed E-state index contributed by atoms with van der Waals surface area (Å²) in [6.07, 6.45) is 7.82. The van der Waals surface area contributed by atoms with E-state index in [1.807, 2.05) is 11.0 Å². The highest BCUT2D eigenvalue weighted by Gasteiger charge is 2.23. The van der Waals surface area contributed by atoms with Crippen LogP contribution in [-0.2, 0) is 4.79 Å². The molecule has 2 nitrogen and oxygen atoms in total. The van der Waals surface area contributed by atoms with Crippen molar-refractivity contribution in [2.45, 2.75) is 32.1 Å². The van der Waals surface area contributed by atoms with Gasteiger partial charge in [0, 0.05) is 13.1 Å². The number of piperidine rings is 1. The first kappa shape index (κ1) is 10.0. The number of hydrogen-bond donors (Lipinski definition) is 0. The van der Waals surface area contributed by atoms with Crippen molar-refractivity contribution in [1.82, 2.24) is 4.90 Å². The van der Waals surface area contributed by atoms with E-state index >= 15 is 0 Å². The van der Waals surface area contributed by atoms with Crippen molar-refractivity contribution in [3.63, 3.8) is 0 Å². The van der Waals surface area contributed by atoms with Gasteiger partial charge in [-0.1, -0.05) is 17.7 Å². The Kier molecular flexibility index (Phi) is 3.12. The molecule has 1 amide bonds. The van der Waals surface area contributed by atoms with Crippen molar-refractivity contribution >= 4 is 17.5 Å². The molecule has 2 aliphatic rings. The summed E-state index contributed by atoms with van der Waals surface area (Å²) in [5.41, 5.74) is 0. The Morgan fingerprint density at radius 3 is 2.43 bits per heavy atom. The third-order valence-corrected chi connectivity index (χ3v) is 3.14. The maximum absolute atomic E-state index is 11.8. The van der Waals surface area contributed by atoms with Crippen LogP contribution in [0.4, 0.5) is 0 Å². The molecule has 1 saturated heterocycles. The lowest BCUT2D eigenvalue weighted by molar-refractivity contribution is -0.127. The summed E-state index contributed by atoms with van der Waals surface area (Å²) in [6.45, 7) is 1.76. The van der Waals surface area contributed by atoms with Crippen molar-refractivity contribution in [2.24, 2.45) is 5.92 Å². The predicted molar refractivity (Wildman–Crippen MR) is 57.1 cm³/mol. The van der Waals surface area contributed by atoms with Gasteiger partial charge < -0.3 is 4.90 Å². The molecule has 0 radical (unpaired) electrons. The van der Waals surface area contributed by atoms with Crippen molar-refractivity contribution < 1.29 is 4.79 Å². The van der Waals surface area contributed by atoms with Crippen LogP contribution in [0.15, 0.2) is 11.1 Å². The molecule has 0 spiro atoms. The predicted octanol–water partition coefficient (Wildman–Crippen LogP) is 2.53. The fourth-order valence-corrected chi connectivity index (χ4v) is 2.09. The molecule has 1 saturated carbocycles. The Labute approximate surface area is 89.9 Å². The lowest BCUT2D eigenvalue weighted by atomic mass is 10.1. The van der Waals surface area contributed by atoms with Crippen LogP contribution in [-0.4, -0.2) is 23.9 Å². The van der Waals surface area contributed by atoms with Gasteiger partial charge in [0.2, 0.25) is 0 Å². The Bertz CT molecular complexity index is 252. The molecule has 2 rings (SSSR count). The van der Waals surface area contributed by atoms with Crippen LogP contribution >= 0.6 is 11.6 Å². The maximum Gasteiger partial charge on any atom is 0.265 e. The molecule has 78 valence electrons. The van der Waals surface area contributed by atoms with E-state index in [0.717, 1.165) is 25.9 Å². The molecule has 14 heavy (non-hydrogen) atoms. The van der Waals surface area contributed by atoms with Crippen LogP contribution in [0.5, 0.6) is 0 Å². The Morgan fingerprint density at radius 2 is 1.86 bits per heavy atom. The van der Waals surface area contributed by atoms with Crippen molar-refractivity contribution in [2.75, 3.05) is 13.1 Å². The van der Waals surface area contributed by atoms with Gasteiger partial charge in [-0.25, -0.2) is 0 Å². The van der Waals surface area contributed by atoms with Gasteiger partial charge in [0.1, 0.15) is 5.03 Å². The zero-order valence-corrected chi connectivity index (χ0v) is 9.09. The number of rotatable bonds is 2. The van der Waals surface area contributed by atoms with E-state index in [1.165, 1.54) is 19.3 Å². The number of likely N-dealkylation sites (tertiary alicyclic amines) is 1. The summed E-state index contributed by atoms with van der Waals surface area (Å²) in [6, 6.07) is 0.